The molecular weight excluding hydrogens is 200 g/mol. The van der Waals surface area contributed by atoms with Crippen molar-refractivity contribution in [1.82, 2.24) is 10.2 Å². The van der Waals surface area contributed by atoms with Gasteiger partial charge in [0.1, 0.15) is 0 Å². The van der Waals surface area contributed by atoms with Crippen LogP contribution in [0.5, 0.6) is 0 Å². The van der Waals surface area contributed by atoms with Gasteiger partial charge in [0.15, 0.2) is 0 Å². The zero-order valence-corrected chi connectivity index (χ0v) is 9.52. The number of rotatable bonds is 5. The quantitative estimate of drug-likeness (QED) is 0.701. The molecule has 1 atom stereocenters. The number of hydrogen-bond acceptors (Lipinski definition) is 2. The van der Waals surface area contributed by atoms with E-state index in [4.69, 9.17) is 11.6 Å². The summed E-state index contributed by atoms with van der Waals surface area (Å²) in [5.74, 6) is 0.393. The van der Waals surface area contributed by atoms with Crippen LogP contribution in [0.15, 0.2) is 0 Å². The van der Waals surface area contributed by atoms with E-state index in [9.17, 15) is 4.79 Å². The minimum Gasteiger partial charge on any atom is -0.355 e. The molecule has 1 heterocycles. The summed E-state index contributed by atoms with van der Waals surface area (Å²) in [4.78, 5) is 13.7. The van der Waals surface area contributed by atoms with Crippen molar-refractivity contribution in [2.75, 3.05) is 32.1 Å². The first kappa shape index (κ1) is 11.8. The predicted molar refractivity (Wildman–Crippen MR) is 58.6 cm³/mol. The Hall–Kier alpha value is -0.280. The number of nitrogens with one attached hydrogen (secondary N) is 1. The molecule has 14 heavy (non-hydrogen) atoms. The first-order chi connectivity index (χ1) is 6.74. The maximum absolute atomic E-state index is 11.3. The zero-order chi connectivity index (χ0) is 10.4. The molecule has 4 heteroatoms. The maximum Gasteiger partial charge on any atom is 0.224 e. The molecule has 82 valence electrons. The van der Waals surface area contributed by atoms with Crippen LogP contribution in [0.4, 0.5) is 0 Å². The molecule has 0 aliphatic carbocycles. The lowest BCUT2D eigenvalue weighted by atomic mass is 10.2. The van der Waals surface area contributed by atoms with Crippen molar-refractivity contribution in [2.24, 2.45) is 5.92 Å². The predicted octanol–water partition coefficient (Wildman–Crippen LogP) is 1.07. The van der Waals surface area contributed by atoms with E-state index in [1.807, 2.05) is 6.92 Å². The lowest BCUT2D eigenvalue weighted by molar-refractivity contribution is -0.123. The molecule has 0 aromatic carbocycles. The highest BCUT2D eigenvalue weighted by Crippen LogP contribution is 2.05. The highest BCUT2D eigenvalue weighted by molar-refractivity contribution is 6.19. The summed E-state index contributed by atoms with van der Waals surface area (Å²) in [6.45, 7) is 5.93. The average Bonchev–Trinajstić information content (AvgIpc) is 2.69. The lowest BCUT2D eigenvalue weighted by Gasteiger charge is -2.15. The minimum atomic E-state index is -0.0738. The number of likely N-dealkylation sites (tertiary alicyclic amines) is 1. The van der Waals surface area contributed by atoms with Gasteiger partial charge >= 0.3 is 0 Å². The fourth-order valence-corrected chi connectivity index (χ4v) is 1.73. The van der Waals surface area contributed by atoms with Crippen molar-refractivity contribution < 1.29 is 4.79 Å². The molecule has 0 spiro atoms. The Morgan fingerprint density at radius 3 is 2.71 bits per heavy atom. The molecule has 1 aliphatic heterocycles. The molecular formula is C10H19ClN2O. The molecule has 3 nitrogen and oxygen atoms in total. The van der Waals surface area contributed by atoms with Gasteiger partial charge in [-0.15, -0.1) is 11.6 Å². The topological polar surface area (TPSA) is 32.3 Å². The van der Waals surface area contributed by atoms with Gasteiger partial charge in [-0.3, -0.25) is 4.79 Å². The van der Waals surface area contributed by atoms with Crippen LogP contribution in [0, 0.1) is 5.92 Å². The maximum atomic E-state index is 11.3. The van der Waals surface area contributed by atoms with E-state index < -0.39 is 0 Å². The standard InChI is InChI=1S/C10H19ClN2O/c1-9(8-11)10(14)12-4-7-13-5-2-3-6-13/h9H,2-8H2,1H3,(H,12,14). The molecule has 0 aromatic heterocycles. The number of halogens is 1. The number of carbonyl (C=O) groups is 1. The second-order valence-corrected chi connectivity index (χ2v) is 4.20. The van der Waals surface area contributed by atoms with Crippen LogP contribution in [0.2, 0.25) is 0 Å². The van der Waals surface area contributed by atoms with E-state index in [0.29, 0.717) is 5.88 Å². The Balaban J connectivity index is 2.05. The van der Waals surface area contributed by atoms with Crippen LogP contribution in [-0.2, 0) is 4.79 Å². The summed E-state index contributed by atoms with van der Waals surface area (Å²) in [6.07, 6.45) is 2.60. The summed E-state index contributed by atoms with van der Waals surface area (Å²) >= 11 is 5.58. The van der Waals surface area contributed by atoms with E-state index in [1.54, 1.807) is 0 Å². The summed E-state index contributed by atoms with van der Waals surface area (Å²) in [6, 6.07) is 0. The second-order valence-electron chi connectivity index (χ2n) is 3.90. The third-order valence-corrected chi connectivity index (χ3v) is 3.07. The van der Waals surface area contributed by atoms with Gasteiger partial charge in [-0.05, 0) is 25.9 Å². The SMILES string of the molecule is CC(CCl)C(=O)NCCN1CCCC1. The molecule has 1 amide bonds. The van der Waals surface area contributed by atoms with Gasteiger partial charge in [0.05, 0.1) is 0 Å². The van der Waals surface area contributed by atoms with Gasteiger partial charge in [0.2, 0.25) is 5.91 Å². The van der Waals surface area contributed by atoms with Crippen molar-refractivity contribution in [3.63, 3.8) is 0 Å². The van der Waals surface area contributed by atoms with Crippen molar-refractivity contribution in [3.8, 4) is 0 Å². The van der Waals surface area contributed by atoms with Crippen LogP contribution in [0.25, 0.3) is 0 Å². The summed E-state index contributed by atoms with van der Waals surface area (Å²) in [5.41, 5.74) is 0. The van der Waals surface area contributed by atoms with E-state index in [-0.39, 0.29) is 11.8 Å². The number of carbonyl (C=O) groups excluding carboxylic acids is 1. The highest BCUT2D eigenvalue weighted by Gasteiger charge is 2.13. The zero-order valence-electron chi connectivity index (χ0n) is 8.76. The van der Waals surface area contributed by atoms with Crippen LogP contribution < -0.4 is 5.32 Å². The fraction of sp³-hybridized carbons (Fsp3) is 0.900. The fourth-order valence-electron chi connectivity index (χ4n) is 1.59. The molecule has 0 radical (unpaired) electrons. The molecule has 0 saturated carbocycles. The Morgan fingerprint density at radius 2 is 2.14 bits per heavy atom. The number of nitrogens with zero attached hydrogens (tertiary/aromatic N) is 1. The van der Waals surface area contributed by atoms with Gasteiger partial charge in [-0.1, -0.05) is 6.92 Å². The van der Waals surface area contributed by atoms with Crippen molar-refractivity contribution in [1.29, 1.82) is 0 Å². The van der Waals surface area contributed by atoms with Gasteiger partial charge in [0.25, 0.3) is 0 Å². The first-order valence-corrected chi connectivity index (χ1v) is 5.83. The molecule has 1 rings (SSSR count). The average molecular weight is 219 g/mol. The van der Waals surface area contributed by atoms with E-state index >= 15 is 0 Å². The molecule has 1 unspecified atom stereocenters. The third-order valence-electron chi connectivity index (χ3n) is 2.60. The monoisotopic (exact) mass is 218 g/mol. The van der Waals surface area contributed by atoms with Crippen molar-refractivity contribution in [3.05, 3.63) is 0 Å². The molecule has 1 aliphatic rings. The summed E-state index contributed by atoms with van der Waals surface area (Å²) in [7, 11) is 0. The van der Waals surface area contributed by atoms with Crippen LogP contribution in [0.1, 0.15) is 19.8 Å². The summed E-state index contributed by atoms with van der Waals surface area (Å²) < 4.78 is 0. The number of alkyl halides is 1. The highest BCUT2D eigenvalue weighted by atomic mass is 35.5. The Kier molecular flexibility index (Phi) is 5.26. The van der Waals surface area contributed by atoms with E-state index in [0.717, 1.165) is 13.1 Å². The number of hydrogen-bond donors (Lipinski definition) is 1. The van der Waals surface area contributed by atoms with Crippen LogP contribution in [-0.4, -0.2) is 42.9 Å². The molecule has 1 fully saturated rings. The largest absolute Gasteiger partial charge is 0.355 e. The van der Waals surface area contributed by atoms with Gasteiger partial charge < -0.3 is 10.2 Å². The smallest absolute Gasteiger partial charge is 0.224 e. The van der Waals surface area contributed by atoms with Crippen molar-refractivity contribution >= 4 is 17.5 Å². The Bertz CT molecular complexity index is 181. The normalized spacial score (nSPS) is 19.6. The molecule has 0 bridgehead atoms. The van der Waals surface area contributed by atoms with E-state index in [1.165, 1.54) is 25.9 Å². The molecule has 1 saturated heterocycles. The Labute approximate surface area is 90.8 Å². The second kappa shape index (κ2) is 6.25. The Morgan fingerprint density at radius 1 is 1.50 bits per heavy atom. The lowest BCUT2D eigenvalue weighted by Crippen LogP contribution is -2.36. The van der Waals surface area contributed by atoms with Gasteiger partial charge in [-0.25, -0.2) is 0 Å². The van der Waals surface area contributed by atoms with E-state index in [2.05, 4.69) is 10.2 Å². The minimum absolute atomic E-state index is 0.0687. The van der Waals surface area contributed by atoms with Crippen LogP contribution >= 0.6 is 11.6 Å². The van der Waals surface area contributed by atoms with Gasteiger partial charge in [0, 0.05) is 24.9 Å². The first-order valence-electron chi connectivity index (χ1n) is 5.30. The molecule has 0 aromatic rings. The van der Waals surface area contributed by atoms with Crippen LogP contribution in [0.3, 0.4) is 0 Å². The van der Waals surface area contributed by atoms with Crippen molar-refractivity contribution in [2.45, 2.75) is 19.8 Å². The summed E-state index contributed by atoms with van der Waals surface area (Å²) in [5, 5.41) is 2.90. The van der Waals surface area contributed by atoms with Gasteiger partial charge in [-0.2, -0.15) is 0 Å². The number of amides is 1. The third kappa shape index (κ3) is 3.84. The molecule has 1 N–H and O–H groups in total.